The van der Waals surface area contributed by atoms with Crippen LogP contribution in [0.3, 0.4) is 0 Å². The smallest absolute Gasteiger partial charge is 0.262 e. The summed E-state index contributed by atoms with van der Waals surface area (Å²) in [6, 6.07) is 15.2. The number of rotatable bonds is 6. The lowest BCUT2D eigenvalue weighted by Gasteiger charge is -2.18. The number of para-hydroxylation sites is 1. The van der Waals surface area contributed by atoms with Crippen LogP contribution in [-0.2, 0) is 11.2 Å². The molecule has 0 spiro atoms. The van der Waals surface area contributed by atoms with Gasteiger partial charge >= 0.3 is 0 Å². The van der Waals surface area contributed by atoms with Gasteiger partial charge in [0.1, 0.15) is 10.6 Å². The minimum absolute atomic E-state index is 0.212. The number of amides is 2. The van der Waals surface area contributed by atoms with Crippen molar-refractivity contribution in [2.75, 3.05) is 11.9 Å². The summed E-state index contributed by atoms with van der Waals surface area (Å²) in [5.41, 5.74) is 8.35. The van der Waals surface area contributed by atoms with E-state index in [0.717, 1.165) is 28.0 Å². The maximum absolute atomic E-state index is 12.6. The Bertz CT molecular complexity index is 1150. The third kappa shape index (κ3) is 4.27. The fourth-order valence-corrected chi connectivity index (χ4v) is 4.93. The molecule has 0 fully saturated rings. The fraction of sp³-hybridized carbons (Fsp3) is 0.250. The lowest BCUT2D eigenvalue weighted by Crippen LogP contribution is -2.25. The monoisotopic (exact) mass is 436 g/mol. The van der Waals surface area contributed by atoms with E-state index in [0.29, 0.717) is 22.1 Å². The van der Waals surface area contributed by atoms with Gasteiger partial charge in [-0.15, -0.1) is 11.3 Å². The molecule has 2 amide bonds. The highest BCUT2D eigenvalue weighted by atomic mass is 32.1. The number of carbonyl (C=O) groups excluding carboxylic acids is 2. The fourth-order valence-electron chi connectivity index (χ4n) is 3.83. The molecule has 1 aromatic heterocycles. The Morgan fingerprint density at radius 2 is 1.90 bits per heavy atom. The van der Waals surface area contributed by atoms with E-state index in [1.54, 1.807) is 6.07 Å². The van der Waals surface area contributed by atoms with Crippen molar-refractivity contribution < 1.29 is 19.1 Å². The zero-order chi connectivity index (χ0) is 22.2. The van der Waals surface area contributed by atoms with Gasteiger partial charge in [-0.3, -0.25) is 9.59 Å². The van der Waals surface area contributed by atoms with E-state index in [1.807, 2.05) is 63.2 Å². The molecule has 3 N–H and O–H groups in total. The van der Waals surface area contributed by atoms with E-state index in [1.165, 1.54) is 11.3 Å². The minimum atomic E-state index is -0.587. The minimum Gasteiger partial charge on any atom is -0.483 e. The first-order valence-corrected chi connectivity index (χ1v) is 10.8. The molecule has 0 bridgehead atoms. The molecule has 4 rings (SSSR count). The van der Waals surface area contributed by atoms with Gasteiger partial charge in [-0.2, -0.15) is 0 Å². The molecule has 0 saturated carbocycles. The first kappa shape index (κ1) is 20.9. The van der Waals surface area contributed by atoms with Crippen LogP contribution in [0.25, 0.3) is 11.1 Å². The van der Waals surface area contributed by atoms with Gasteiger partial charge in [-0.1, -0.05) is 42.5 Å². The summed E-state index contributed by atoms with van der Waals surface area (Å²) in [6.45, 7) is 5.71. The van der Waals surface area contributed by atoms with Gasteiger partial charge in [0.05, 0.1) is 5.56 Å². The summed E-state index contributed by atoms with van der Waals surface area (Å²) in [4.78, 5) is 25.7. The van der Waals surface area contributed by atoms with Gasteiger partial charge in [0.15, 0.2) is 18.1 Å². The molecule has 7 heteroatoms. The normalized spacial score (nSPS) is 13.9. The number of thiophene rings is 1. The Labute approximate surface area is 185 Å². The highest BCUT2D eigenvalue weighted by molar-refractivity contribution is 7.17. The number of carbonyl (C=O) groups is 2. The van der Waals surface area contributed by atoms with E-state index < -0.39 is 5.91 Å². The van der Waals surface area contributed by atoms with Gasteiger partial charge in [-0.25, -0.2) is 0 Å². The van der Waals surface area contributed by atoms with Crippen molar-refractivity contribution >= 4 is 28.2 Å². The van der Waals surface area contributed by atoms with Crippen molar-refractivity contribution in [2.45, 2.75) is 32.8 Å². The van der Waals surface area contributed by atoms with Crippen LogP contribution >= 0.6 is 11.3 Å². The molecule has 1 aliphatic heterocycles. The van der Waals surface area contributed by atoms with Crippen LogP contribution < -0.4 is 20.5 Å². The van der Waals surface area contributed by atoms with Crippen molar-refractivity contribution in [3.63, 3.8) is 0 Å². The maximum atomic E-state index is 12.6. The van der Waals surface area contributed by atoms with Crippen molar-refractivity contribution in [3.05, 3.63) is 64.5 Å². The van der Waals surface area contributed by atoms with Gasteiger partial charge in [-0.05, 0) is 32.4 Å². The molecule has 0 aliphatic carbocycles. The average molecular weight is 437 g/mol. The summed E-state index contributed by atoms with van der Waals surface area (Å²) in [5, 5.41) is 3.21. The number of fused-ring (bicyclic) bond motifs is 1. The molecule has 0 radical (unpaired) electrons. The van der Waals surface area contributed by atoms with Gasteiger partial charge in [0.2, 0.25) is 0 Å². The van der Waals surface area contributed by atoms with Gasteiger partial charge in [0.25, 0.3) is 11.8 Å². The van der Waals surface area contributed by atoms with Crippen LogP contribution in [0.4, 0.5) is 5.00 Å². The number of primary amides is 1. The molecule has 0 saturated heterocycles. The second kappa shape index (κ2) is 8.07. The number of nitrogens with one attached hydrogen (secondary N) is 1. The first-order valence-electron chi connectivity index (χ1n) is 9.97. The summed E-state index contributed by atoms with van der Waals surface area (Å²) >= 11 is 1.32. The second-order valence-corrected chi connectivity index (χ2v) is 9.31. The van der Waals surface area contributed by atoms with Crippen LogP contribution in [0.15, 0.2) is 48.5 Å². The predicted molar refractivity (Wildman–Crippen MR) is 122 cm³/mol. The van der Waals surface area contributed by atoms with Crippen LogP contribution in [0, 0.1) is 6.92 Å². The second-order valence-electron chi connectivity index (χ2n) is 8.09. The number of nitrogens with two attached hydrogens (primary N) is 1. The highest BCUT2D eigenvalue weighted by Crippen LogP contribution is 2.42. The van der Waals surface area contributed by atoms with E-state index >= 15 is 0 Å². The van der Waals surface area contributed by atoms with E-state index in [4.69, 9.17) is 15.2 Å². The van der Waals surface area contributed by atoms with Crippen LogP contribution in [0.1, 0.15) is 34.6 Å². The Balaban J connectivity index is 1.52. The standard InChI is InChI=1S/C24H24N2O4S/c1-14-19(15-8-5-4-6-9-15)20(22(25)28)23(31-14)26-18(27)13-29-17-11-7-10-16-12-24(2,3)30-21(16)17/h4-11H,12-13H2,1-3H3,(H2,25,28)(H,26,27). The quantitative estimate of drug-likeness (QED) is 0.593. The Hall–Kier alpha value is -3.32. The average Bonchev–Trinajstić information content (AvgIpc) is 3.21. The molecule has 2 heterocycles. The number of ether oxygens (including phenoxy) is 2. The van der Waals surface area contributed by atoms with Gasteiger partial charge in [0, 0.05) is 22.4 Å². The van der Waals surface area contributed by atoms with Crippen molar-refractivity contribution in [3.8, 4) is 22.6 Å². The third-order valence-electron chi connectivity index (χ3n) is 5.06. The van der Waals surface area contributed by atoms with Crippen LogP contribution in [-0.4, -0.2) is 24.0 Å². The summed E-state index contributed by atoms with van der Waals surface area (Å²) < 4.78 is 11.7. The molecule has 31 heavy (non-hydrogen) atoms. The molecule has 0 atom stereocenters. The van der Waals surface area contributed by atoms with Crippen molar-refractivity contribution in [1.82, 2.24) is 0 Å². The van der Waals surface area contributed by atoms with Crippen LogP contribution in [0.5, 0.6) is 11.5 Å². The third-order valence-corrected chi connectivity index (χ3v) is 6.08. The summed E-state index contributed by atoms with van der Waals surface area (Å²) in [5.74, 6) is 0.242. The van der Waals surface area contributed by atoms with E-state index in [-0.39, 0.29) is 18.1 Å². The zero-order valence-electron chi connectivity index (χ0n) is 17.7. The zero-order valence-corrected chi connectivity index (χ0v) is 18.5. The van der Waals surface area contributed by atoms with Crippen molar-refractivity contribution in [2.24, 2.45) is 5.73 Å². The molecule has 160 valence electrons. The number of aryl methyl sites for hydroxylation is 1. The largest absolute Gasteiger partial charge is 0.483 e. The Morgan fingerprint density at radius 1 is 1.16 bits per heavy atom. The predicted octanol–water partition coefficient (Wildman–Crippen LogP) is 4.55. The Morgan fingerprint density at radius 3 is 2.61 bits per heavy atom. The maximum Gasteiger partial charge on any atom is 0.262 e. The highest BCUT2D eigenvalue weighted by Gasteiger charge is 2.32. The van der Waals surface area contributed by atoms with E-state index in [2.05, 4.69) is 5.32 Å². The van der Waals surface area contributed by atoms with E-state index in [9.17, 15) is 9.59 Å². The summed E-state index contributed by atoms with van der Waals surface area (Å²) in [6.07, 6.45) is 0.782. The number of hydrogen-bond donors (Lipinski definition) is 2. The molecule has 1 aliphatic rings. The van der Waals surface area contributed by atoms with Crippen LogP contribution in [0.2, 0.25) is 0 Å². The number of benzene rings is 2. The van der Waals surface area contributed by atoms with Gasteiger partial charge < -0.3 is 20.5 Å². The molecule has 0 unspecified atom stereocenters. The SMILES string of the molecule is Cc1sc(NC(=O)COc2cccc3c2OC(C)(C)C3)c(C(N)=O)c1-c1ccccc1. The molecule has 6 nitrogen and oxygen atoms in total. The summed E-state index contributed by atoms with van der Waals surface area (Å²) in [7, 11) is 0. The molecule has 2 aromatic carbocycles. The number of anilines is 1. The van der Waals surface area contributed by atoms with Crippen molar-refractivity contribution in [1.29, 1.82) is 0 Å². The number of hydrogen-bond acceptors (Lipinski definition) is 5. The Kier molecular flexibility index (Phi) is 5.45. The molecule has 3 aromatic rings. The lowest BCUT2D eigenvalue weighted by atomic mass is 10.0. The lowest BCUT2D eigenvalue weighted by molar-refractivity contribution is -0.118. The molecular weight excluding hydrogens is 412 g/mol. The first-order chi connectivity index (χ1) is 14.7. The topological polar surface area (TPSA) is 90.7 Å². The molecular formula is C24H24N2O4S.